The molecule has 10 heteroatoms. The number of likely N-dealkylation sites (tertiary alicyclic amines) is 1. The third-order valence-corrected chi connectivity index (χ3v) is 7.01. The molecule has 0 atom stereocenters. The molecule has 0 saturated carbocycles. The van der Waals surface area contributed by atoms with Gasteiger partial charge in [0.2, 0.25) is 0 Å². The van der Waals surface area contributed by atoms with Crippen LogP contribution in [0.5, 0.6) is 0 Å². The number of aliphatic carboxylic acids is 1. The molecule has 1 aromatic carbocycles. The minimum atomic E-state index is -0.981. The van der Waals surface area contributed by atoms with Crippen molar-refractivity contribution < 1.29 is 29.0 Å². The third kappa shape index (κ3) is 9.70. The van der Waals surface area contributed by atoms with E-state index >= 15 is 0 Å². The van der Waals surface area contributed by atoms with Crippen molar-refractivity contribution in [3.63, 3.8) is 0 Å². The fourth-order valence-electron chi connectivity index (χ4n) is 4.67. The molecule has 3 N–H and O–H groups in total. The van der Waals surface area contributed by atoms with E-state index in [1.165, 1.54) is 32.2 Å². The highest BCUT2D eigenvalue weighted by Crippen LogP contribution is 2.32. The number of hydrogen-bond acceptors (Lipinski definition) is 8. The Kier molecular flexibility index (Phi) is 12.9. The number of carbonyl (C=O) groups is 2. The highest BCUT2D eigenvalue weighted by atomic mass is 35.5. The van der Waals surface area contributed by atoms with E-state index in [2.05, 4.69) is 16.5 Å². The van der Waals surface area contributed by atoms with E-state index in [1.807, 2.05) is 12.1 Å². The molecule has 2 aliphatic rings. The molecule has 2 aliphatic heterocycles. The van der Waals surface area contributed by atoms with Crippen LogP contribution >= 0.6 is 11.6 Å². The van der Waals surface area contributed by atoms with E-state index in [0.717, 1.165) is 50.1 Å². The summed E-state index contributed by atoms with van der Waals surface area (Å²) in [6, 6.07) is 5.37. The second-order valence-corrected chi connectivity index (χ2v) is 9.51. The topological polar surface area (TPSA) is 140 Å². The summed E-state index contributed by atoms with van der Waals surface area (Å²) in [6.45, 7) is 8.30. The van der Waals surface area contributed by atoms with Gasteiger partial charge in [-0.3, -0.25) is 9.78 Å². The number of pyridine rings is 1. The van der Waals surface area contributed by atoms with Gasteiger partial charge >= 0.3 is 12.1 Å². The molecule has 0 spiro atoms. The number of nitrogen functional groups attached to an aromatic ring is 1. The van der Waals surface area contributed by atoms with Gasteiger partial charge in [-0.05, 0) is 75.2 Å². The first-order chi connectivity index (χ1) is 17.8. The normalized spacial score (nSPS) is 16.5. The van der Waals surface area contributed by atoms with Gasteiger partial charge in [-0.2, -0.15) is 9.59 Å². The Balaban J connectivity index is 0.000000530. The lowest BCUT2D eigenvalue weighted by Crippen LogP contribution is -2.38. The van der Waals surface area contributed by atoms with Crippen molar-refractivity contribution in [1.82, 2.24) is 9.88 Å². The van der Waals surface area contributed by atoms with E-state index < -0.39 is 5.97 Å². The Labute approximate surface area is 221 Å². The van der Waals surface area contributed by atoms with Crippen molar-refractivity contribution in [2.45, 2.75) is 38.5 Å². The summed E-state index contributed by atoms with van der Waals surface area (Å²) in [5, 5.41) is 8.78. The van der Waals surface area contributed by atoms with Crippen molar-refractivity contribution in [2.24, 2.45) is 11.8 Å². The number of carboxylic acids is 1. The lowest BCUT2D eigenvalue weighted by atomic mass is 9.89. The van der Waals surface area contributed by atoms with Crippen LogP contribution in [-0.4, -0.2) is 65.7 Å². The van der Waals surface area contributed by atoms with Crippen LogP contribution in [0.2, 0.25) is 5.02 Å². The van der Waals surface area contributed by atoms with Crippen molar-refractivity contribution in [3.05, 3.63) is 47.6 Å². The minimum Gasteiger partial charge on any atom is -0.478 e. The monoisotopic (exact) mass is 531 g/mol. The van der Waals surface area contributed by atoms with E-state index in [0.29, 0.717) is 34.1 Å². The van der Waals surface area contributed by atoms with Gasteiger partial charge in [0, 0.05) is 49.4 Å². The quantitative estimate of drug-likeness (QED) is 0.305. The predicted molar refractivity (Wildman–Crippen MR) is 140 cm³/mol. The Morgan fingerprint density at radius 3 is 2.43 bits per heavy atom. The van der Waals surface area contributed by atoms with Gasteiger partial charge in [0.25, 0.3) is 0 Å². The maximum Gasteiger partial charge on any atom is 0.373 e. The first kappa shape index (κ1) is 30.1. The molecule has 200 valence electrons. The first-order valence-corrected chi connectivity index (χ1v) is 12.7. The maximum absolute atomic E-state index is 12.9. The van der Waals surface area contributed by atoms with Crippen molar-refractivity contribution in [3.8, 4) is 0 Å². The van der Waals surface area contributed by atoms with E-state index in [4.69, 9.17) is 36.8 Å². The average Bonchev–Trinajstić information content (AvgIpc) is 2.91. The van der Waals surface area contributed by atoms with Crippen LogP contribution in [0, 0.1) is 11.8 Å². The number of halogens is 1. The number of carbonyl (C=O) groups excluding carboxylic acids is 3. The highest BCUT2D eigenvalue weighted by molar-refractivity contribution is 6.35. The fraction of sp³-hybridized carbons (Fsp3) is 0.481. The zero-order valence-corrected chi connectivity index (χ0v) is 21.6. The molecule has 4 rings (SSSR count). The lowest BCUT2D eigenvalue weighted by molar-refractivity contribution is -0.191. The molecule has 37 heavy (non-hydrogen) atoms. The maximum atomic E-state index is 12.9. The molecule has 3 heterocycles. The SMILES string of the molecule is C=CC(=O)O.Nc1c(Cl)cc(C(=O)CCC2CCN(CC3CCOCC3)CC2)c2ncccc12.O=C=O. The zero-order chi connectivity index (χ0) is 27.2. The molecule has 1 aromatic heterocycles. The lowest BCUT2D eigenvalue weighted by Gasteiger charge is -2.35. The number of fused-ring (bicyclic) bond motifs is 1. The third-order valence-electron chi connectivity index (χ3n) is 6.70. The van der Waals surface area contributed by atoms with Gasteiger partial charge in [0.05, 0.1) is 16.2 Å². The van der Waals surface area contributed by atoms with Crippen LogP contribution in [0.4, 0.5) is 5.69 Å². The molecule has 0 unspecified atom stereocenters. The second-order valence-electron chi connectivity index (χ2n) is 9.11. The molecule has 0 aliphatic carbocycles. The van der Waals surface area contributed by atoms with Gasteiger partial charge < -0.3 is 20.5 Å². The summed E-state index contributed by atoms with van der Waals surface area (Å²) in [5.41, 5.74) is 7.80. The number of nitrogens with two attached hydrogens (primary N) is 1. The van der Waals surface area contributed by atoms with Crippen LogP contribution < -0.4 is 5.73 Å². The van der Waals surface area contributed by atoms with E-state index in [-0.39, 0.29) is 11.9 Å². The first-order valence-electron chi connectivity index (χ1n) is 12.3. The number of hydrogen-bond donors (Lipinski definition) is 2. The summed E-state index contributed by atoms with van der Waals surface area (Å²) < 4.78 is 5.47. The summed E-state index contributed by atoms with van der Waals surface area (Å²) in [4.78, 5) is 45.4. The molecule has 2 fully saturated rings. The van der Waals surface area contributed by atoms with Gasteiger partial charge in [0.15, 0.2) is 5.78 Å². The number of ether oxygens (including phenoxy) is 1. The smallest absolute Gasteiger partial charge is 0.373 e. The van der Waals surface area contributed by atoms with Crippen LogP contribution in [0.3, 0.4) is 0 Å². The van der Waals surface area contributed by atoms with Crippen LogP contribution in [0.15, 0.2) is 37.1 Å². The predicted octanol–water partition coefficient (Wildman–Crippen LogP) is 4.25. The molecule has 0 bridgehead atoms. The Bertz CT molecular complexity index is 1090. The minimum absolute atomic E-state index is 0.111. The van der Waals surface area contributed by atoms with Crippen molar-refractivity contribution >= 4 is 46.1 Å². The summed E-state index contributed by atoms with van der Waals surface area (Å²) in [5.74, 6) is 0.538. The molecular formula is C27H34ClN3O6. The van der Waals surface area contributed by atoms with Crippen LogP contribution in [0.1, 0.15) is 48.9 Å². The number of ketones is 1. The summed E-state index contributed by atoms with van der Waals surface area (Å²) in [6.07, 6.45) is 8.99. The zero-order valence-electron chi connectivity index (χ0n) is 20.9. The molecule has 0 radical (unpaired) electrons. The molecule has 9 nitrogen and oxygen atoms in total. The number of benzene rings is 1. The molecular weight excluding hydrogens is 498 g/mol. The van der Waals surface area contributed by atoms with Gasteiger partial charge in [-0.1, -0.05) is 18.2 Å². The Morgan fingerprint density at radius 2 is 1.84 bits per heavy atom. The highest BCUT2D eigenvalue weighted by Gasteiger charge is 2.24. The van der Waals surface area contributed by atoms with E-state index in [9.17, 15) is 9.59 Å². The second kappa shape index (κ2) is 15.9. The molecule has 2 saturated heterocycles. The Morgan fingerprint density at radius 1 is 1.22 bits per heavy atom. The van der Waals surface area contributed by atoms with Gasteiger partial charge in [-0.15, -0.1) is 0 Å². The number of piperidine rings is 1. The summed E-state index contributed by atoms with van der Waals surface area (Å²) in [7, 11) is 0. The van der Waals surface area contributed by atoms with Crippen molar-refractivity contribution in [2.75, 3.05) is 38.6 Å². The van der Waals surface area contributed by atoms with Crippen molar-refractivity contribution in [1.29, 1.82) is 0 Å². The number of carboxylic acid groups (broad SMARTS) is 1. The summed E-state index contributed by atoms with van der Waals surface area (Å²) >= 11 is 6.26. The van der Waals surface area contributed by atoms with Crippen LogP contribution in [-0.2, 0) is 19.1 Å². The average molecular weight is 532 g/mol. The Hall–Kier alpha value is -3.10. The number of nitrogens with zero attached hydrogens (tertiary/aromatic N) is 2. The number of aromatic nitrogens is 1. The van der Waals surface area contributed by atoms with Gasteiger partial charge in [-0.25, -0.2) is 4.79 Å². The molecule has 0 amide bonds. The largest absolute Gasteiger partial charge is 0.478 e. The number of Topliss-reactive ketones (excluding diaryl/α,β-unsaturated/α-hetero) is 1. The van der Waals surface area contributed by atoms with E-state index in [1.54, 1.807) is 12.3 Å². The van der Waals surface area contributed by atoms with Crippen LogP contribution in [0.25, 0.3) is 10.9 Å². The number of rotatable bonds is 7. The molecule has 2 aromatic rings. The van der Waals surface area contributed by atoms with Gasteiger partial charge in [0.1, 0.15) is 0 Å². The fourth-order valence-corrected chi connectivity index (χ4v) is 4.88. The standard InChI is InChI=1S/C23H30ClN3O2.C3H4O2.CO2/c24-20-14-19(23-18(22(20)25)2-1-9-26-23)21(28)4-3-16-5-10-27(11-6-16)15-17-7-12-29-13-8-17;1-2-3(4)5;2-1-3/h1-2,9,14,16-17H,3-8,10-13,15,25H2;2H,1H2,(H,4,5);. The number of anilines is 1.